The Balaban J connectivity index is 0.000000563. The van der Waals surface area contributed by atoms with E-state index in [1.54, 1.807) is 105 Å². The Morgan fingerprint density at radius 2 is 0.517 bits per heavy atom. The van der Waals surface area contributed by atoms with Crippen molar-refractivity contribution in [1.29, 1.82) is 0 Å². The molecule has 8 heterocycles. The number of thiophene rings is 2. The standard InChI is InChI=1S/C19H15NO3.C18H13NO3.C16H14N2O2S.C16H13NO3S.C13H10ClNO2.C12H8ClNO2.C6H6O.9C2H6/c1-14(21)19-17(22-15-8-4-2-5-9-15)12-20-13-18(19)23-16-10-6-3-7-11-16;20-13-16-17(21-14-7-3-1-4-8-14)11-19-12-18(16)22-15-9-5-2-6-10-15;1-10-14-12(20-11-6-4-3-5-7-11)8-18-9-13(14)21-15(10)16(19)17-2;1-10-14-12(20-11-6-4-3-5-7-11)8-17-9-13(14)21-15(10)16(18)19-2;1-9(16)13-11(14)7-15-8-12(13)17-10-5-3-2-4-6-10;13-11-6-14-7-12(10(11)8-15)16-9-4-2-1-3-5-9;7-6-4-2-1-3-5-6;9*1-2/h2-13H,1H3;1-13H;3-9H,1-2H3,(H,17,19);3-9H,1-2H3;2-8H,1H3;1-8H;1-5,7H;9*1-2H3. The maximum atomic E-state index is 12.1. The molecule has 0 spiro atoms. The minimum Gasteiger partial charge on any atom is -0.508 e. The van der Waals surface area contributed by atoms with Gasteiger partial charge in [0.15, 0.2) is 70.1 Å². The number of phenolic OH excluding ortho intramolecular Hbond substituents is 1. The number of esters is 1. The second-order valence-electron chi connectivity index (χ2n) is 26.3. The van der Waals surface area contributed by atoms with E-state index >= 15 is 0 Å². The summed E-state index contributed by atoms with van der Waals surface area (Å²) >= 11 is 14.5. The molecule has 0 saturated carbocycles. The van der Waals surface area contributed by atoms with E-state index in [2.05, 4.69) is 35.2 Å². The number of aromatic nitrogens is 6. The molecule has 0 aliphatic rings. The molecule has 0 bridgehead atoms. The quantitative estimate of drug-likeness (QED) is 0.0362. The summed E-state index contributed by atoms with van der Waals surface area (Å²) in [5.74, 6) is 8.38. The molecule has 9 aromatic carbocycles. The van der Waals surface area contributed by atoms with Crippen LogP contribution in [-0.2, 0) is 4.74 Å². The van der Waals surface area contributed by atoms with Crippen molar-refractivity contribution in [2.75, 3.05) is 14.2 Å². The van der Waals surface area contributed by atoms with Gasteiger partial charge in [-0.2, -0.15) is 0 Å². The van der Waals surface area contributed by atoms with Crippen molar-refractivity contribution in [1.82, 2.24) is 35.2 Å². The lowest BCUT2D eigenvalue weighted by molar-refractivity contribution is 0.0604. The highest BCUT2D eigenvalue weighted by Crippen LogP contribution is 2.42. The van der Waals surface area contributed by atoms with E-state index in [1.165, 1.54) is 93.2 Å². The number of ketones is 2. The molecule has 23 nitrogen and oxygen atoms in total. The van der Waals surface area contributed by atoms with Crippen molar-refractivity contribution in [2.24, 2.45) is 0 Å². The number of benzene rings is 9. The molecular formula is C118H133Cl2N7O16S2. The zero-order valence-corrected chi connectivity index (χ0v) is 90.0. The van der Waals surface area contributed by atoms with Gasteiger partial charge in [-0.25, -0.2) is 4.79 Å². The number of amides is 1. The molecule has 8 aromatic heterocycles. The van der Waals surface area contributed by atoms with Gasteiger partial charge in [0, 0.05) is 42.6 Å². The maximum Gasteiger partial charge on any atom is 0.348 e. The summed E-state index contributed by atoms with van der Waals surface area (Å²) in [6.45, 7) is 42.7. The normalized spacial score (nSPS) is 9.23. The Hall–Kier alpha value is -15.8. The van der Waals surface area contributed by atoms with Crippen LogP contribution in [0.2, 0.25) is 10.0 Å². The van der Waals surface area contributed by atoms with E-state index in [4.69, 9.17) is 70.9 Å². The second kappa shape index (κ2) is 75.1. The predicted molar refractivity (Wildman–Crippen MR) is 594 cm³/mol. The lowest BCUT2D eigenvalue weighted by atomic mass is 10.1. The molecule has 27 heteroatoms. The first-order chi connectivity index (χ1) is 70.9. The number of fused-ring (bicyclic) bond motifs is 2. The van der Waals surface area contributed by atoms with E-state index in [0.29, 0.717) is 136 Å². The number of aromatic hydroxyl groups is 1. The molecular weight excluding hydrogens is 1910 g/mol. The van der Waals surface area contributed by atoms with Gasteiger partial charge in [0.2, 0.25) is 0 Å². The zero-order valence-electron chi connectivity index (χ0n) is 86.9. The maximum absolute atomic E-state index is 12.1. The minimum atomic E-state index is -0.334. The van der Waals surface area contributed by atoms with Crippen molar-refractivity contribution in [3.05, 3.63) is 401 Å². The fourth-order valence-electron chi connectivity index (χ4n) is 11.6. The highest BCUT2D eigenvalue weighted by molar-refractivity contribution is 7.21. The van der Waals surface area contributed by atoms with Crippen molar-refractivity contribution < 1.29 is 76.5 Å². The largest absolute Gasteiger partial charge is 0.508 e. The molecule has 0 aliphatic heterocycles. The Labute approximate surface area is 872 Å². The third-order valence-electron chi connectivity index (χ3n) is 17.4. The van der Waals surface area contributed by atoms with Crippen LogP contribution >= 0.6 is 45.9 Å². The summed E-state index contributed by atoms with van der Waals surface area (Å²) in [4.78, 5) is 95.2. The molecule has 0 atom stereocenters. The number of phenols is 1. The molecule has 0 unspecified atom stereocenters. The van der Waals surface area contributed by atoms with Crippen LogP contribution in [-0.4, -0.2) is 85.2 Å². The second-order valence-corrected chi connectivity index (χ2v) is 29.2. The lowest BCUT2D eigenvalue weighted by Crippen LogP contribution is -2.17. The Morgan fingerprint density at radius 3 is 0.779 bits per heavy atom. The summed E-state index contributed by atoms with van der Waals surface area (Å²) in [7, 11) is 3.01. The Bertz CT molecular complexity index is 6220. The fraction of sp³-hybridized carbons (Fsp3) is 0.203. The van der Waals surface area contributed by atoms with Gasteiger partial charge in [0.25, 0.3) is 5.91 Å². The van der Waals surface area contributed by atoms with Crippen molar-refractivity contribution in [2.45, 2.75) is 152 Å². The first-order valence-corrected chi connectivity index (χ1v) is 50.1. The van der Waals surface area contributed by atoms with Gasteiger partial charge >= 0.3 is 5.97 Å². The van der Waals surface area contributed by atoms with E-state index in [0.717, 1.165) is 42.8 Å². The average Bonchev–Trinajstić information content (AvgIpc) is 1.60. The third kappa shape index (κ3) is 42.1. The van der Waals surface area contributed by atoms with Crippen LogP contribution in [0.5, 0.6) is 97.7 Å². The first kappa shape index (κ1) is 125. The smallest absolute Gasteiger partial charge is 0.348 e. The van der Waals surface area contributed by atoms with Crippen LogP contribution in [0.1, 0.15) is 210 Å². The number of halogens is 2. The number of para-hydroxylation sites is 9. The number of aryl methyl sites for hydroxylation is 2. The van der Waals surface area contributed by atoms with E-state index in [-0.39, 0.29) is 28.5 Å². The minimum absolute atomic E-state index is 0.0839. The third-order valence-corrected chi connectivity index (χ3v) is 20.5. The van der Waals surface area contributed by atoms with Gasteiger partial charge in [0.05, 0.1) is 92.1 Å². The van der Waals surface area contributed by atoms with Gasteiger partial charge < -0.3 is 53.1 Å². The van der Waals surface area contributed by atoms with E-state index in [9.17, 15) is 28.8 Å². The van der Waals surface area contributed by atoms with E-state index < -0.39 is 0 Å². The molecule has 0 aliphatic carbocycles. The Morgan fingerprint density at radius 1 is 0.297 bits per heavy atom. The van der Waals surface area contributed by atoms with Crippen molar-refractivity contribution >= 4 is 102 Å². The predicted octanol–water partition coefficient (Wildman–Crippen LogP) is 35.0. The molecule has 17 rings (SSSR count). The molecule has 0 saturated heterocycles. The van der Waals surface area contributed by atoms with Gasteiger partial charge in [-0.3, -0.25) is 53.9 Å². The highest BCUT2D eigenvalue weighted by Gasteiger charge is 2.23. The van der Waals surface area contributed by atoms with Gasteiger partial charge in [-0.15, -0.1) is 22.7 Å². The monoisotopic (exact) mass is 2040 g/mol. The molecule has 0 fully saturated rings. The van der Waals surface area contributed by atoms with Crippen LogP contribution in [0.25, 0.3) is 20.2 Å². The van der Waals surface area contributed by atoms with Crippen LogP contribution < -0.4 is 43.2 Å². The van der Waals surface area contributed by atoms with Crippen LogP contribution in [0.3, 0.4) is 0 Å². The molecule has 145 heavy (non-hydrogen) atoms. The summed E-state index contributed by atoms with van der Waals surface area (Å²) in [6, 6.07) is 83.0. The summed E-state index contributed by atoms with van der Waals surface area (Å²) in [5, 5.41) is 13.7. The number of pyridine rings is 6. The number of carbonyl (C=O) groups is 6. The topological polar surface area (TPSA) is 295 Å². The molecule has 762 valence electrons. The summed E-state index contributed by atoms with van der Waals surface area (Å²) in [6.07, 6.45) is 20.0. The number of Topliss-reactive ketones (excluding diaryl/α,β-unsaturated/α-hetero) is 2. The number of methoxy groups -OCH3 is 1. The fourth-order valence-corrected chi connectivity index (χ4v) is 14.3. The van der Waals surface area contributed by atoms with Gasteiger partial charge in [-0.1, -0.05) is 312 Å². The van der Waals surface area contributed by atoms with Crippen molar-refractivity contribution in [3.63, 3.8) is 0 Å². The number of aldehydes is 2. The van der Waals surface area contributed by atoms with Crippen LogP contribution in [0, 0.1) is 13.8 Å². The summed E-state index contributed by atoms with van der Waals surface area (Å²) in [5.41, 5.74) is 3.12. The average molecular weight is 2040 g/mol. The van der Waals surface area contributed by atoms with Crippen LogP contribution in [0.4, 0.5) is 0 Å². The van der Waals surface area contributed by atoms with Gasteiger partial charge in [-0.05, 0) is 148 Å². The number of carbonyl (C=O) groups excluding carboxylic acids is 6. The number of hydrogen-bond donors (Lipinski definition) is 2. The van der Waals surface area contributed by atoms with Crippen molar-refractivity contribution in [3.8, 4) is 97.7 Å². The Kier molecular flexibility index (Phi) is 64.9. The number of rotatable bonds is 22. The van der Waals surface area contributed by atoms with Gasteiger partial charge in [0.1, 0.15) is 67.7 Å². The first-order valence-electron chi connectivity index (χ1n) is 47.7. The number of hydrogen-bond acceptors (Lipinski definition) is 24. The zero-order chi connectivity index (χ0) is 108. The number of ether oxygens (including phenoxy) is 9. The molecule has 1 amide bonds. The van der Waals surface area contributed by atoms with Crippen LogP contribution in [0.15, 0.2) is 347 Å². The summed E-state index contributed by atoms with van der Waals surface area (Å²) < 4.78 is 52.5. The number of nitrogens with zero attached hydrogens (tertiary/aromatic N) is 6. The lowest BCUT2D eigenvalue weighted by Gasteiger charge is -2.13. The molecule has 0 radical (unpaired) electrons. The molecule has 17 aromatic rings. The number of nitrogens with one attached hydrogen (secondary N) is 1. The highest BCUT2D eigenvalue weighted by atomic mass is 35.5. The molecule has 2 N–H and O–H groups in total. The SMILES string of the molecule is CC.CC.CC.CC.CC.CC.CC.CC.CC.CC(=O)c1c(Cl)cncc1Oc1ccccc1.CC(=O)c1c(Oc2ccccc2)cncc1Oc1ccccc1.CNC(=O)c1sc2cncc(Oc3ccccc3)c2c1C.COC(=O)c1sc2cncc(Oc3ccccc3)c2c1C.O=Cc1c(Cl)cncc1Oc1ccccc1.O=Cc1c(Oc2ccccc2)cncc1Oc1ccccc1.Oc1ccccc1. The van der Waals surface area contributed by atoms with E-state index in [1.807, 2.05) is 339 Å².